The molecule has 1 unspecified atom stereocenters. The zero-order chi connectivity index (χ0) is 28.0. The summed E-state index contributed by atoms with van der Waals surface area (Å²) < 4.78 is 48.5. The smallest absolute Gasteiger partial charge is 0.387 e. The SMILES string of the molecule is CC1(C#N)CC(O)(c2ncc(-c3cc4c(cc3F)nc3n4[C@H]4CC3NC(=O)c3cccc(OC(F)F)c34)cn2)C1. The molecule has 9 nitrogen and oxygen atoms in total. The standard InChI is InChI=1S/C28H21F3N6O3/c1-27(12-32)10-28(39,11-27)25-33-8-13(9-34-25)15-5-19-17(6-16(15)29)35-23-18-7-20(37(19)23)22-14(24(38)36-18)3-2-4-21(22)40-26(30)31/h2-6,8-9,18,20,26,39H,7,10-11H2,1H3,(H,36,38)/t18?,20-,27?,28?/m0/s1. The van der Waals surface area contributed by atoms with Crippen LogP contribution in [0, 0.1) is 22.6 Å². The quantitative estimate of drug-likeness (QED) is 0.385. The Hall–Kier alpha value is -4.50. The van der Waals surface area contributed by atoms with Gasteiger partial charge in [-0.25, -0.2) is 19.3 Å². The monoisotopic (exact) mass is 546 g/mol. The third kappa shape index (κ3) is 3.50. The minimum absolute atomic E-state index is 0.101. The predicted molar refractivity (Wildman–Crippen MR) is 134 cm³/mol. The van der Waals surface area contributed by atoms with Crippen molar-refractivity contribution < 1.29 is 27.8 Å². The maximum atomic E-state index is 15.3. The highest BCUT2D eigenvalue weighted by molar-refractivity contribution is 5.98. The molecule has 2 atom stereocenters. The van der Waals surface area contributed by atoms with Crippen LogP contribution in [-0.4, -0.2) is 37.1 Å². The average Bonchev–Trinajstić information content (AvgIpc) is 3.38. The van der Waals surface area contributed by atoms with Crippen molar-refractivity contribution >= 4 is 16.9 Å². The highest BCUT2D eigenvalue weighted by atomic mass is 19.3. The van der Waals surface area contributed by atoms with Gasteiger partial charge in [-0.1, -0.05) is 6.07 Å². The number of imidazole rings is 1. The van der Waals surface area contributed by atoms with Crippen molar-refractivity contribution in [1.82, 2.24) is 24.8 Å². The molecule has 1 amide bonds. The summed E-state index contributed by atoms with van der Waals surface area (Å²) in [6, 6.07) is 8.43. The maximum Gasteiger partial charge on any atom is 0.387 e. The fraction of sp³-hybridized carbons (Fsp3) is 0.321. The van der Waals surface area contributed by atoms with Gasteiger partial charge in [-0.2, -0.15) is 14.0 Å². The highest BCUT2D eigenvalue weighted by Crippen LogP contribution is 2.52. The number of aliphatic hydroxyl groups is 1. The van der Waals surface area contributed by atoms with Crippen molar-refractivity contribution in [1.29, 1.82) is 5.26 Å². The van der Waals surface area contributed by atoms with Crippen LogP contribution in [0.3, 0.4) is 0 Å². The summed E-state index contributed by atoms with van der Waals surface area (Å²) in [6.07, 6.45) is 3.61. The molecule has 1 aliphatic carbocycles. The minimum Gasteiger partial charge on any atom is -0.434 e. The minimum atomic E-state index is -3.08. The van der Waals surface area contributed by atoms with Gasteiger partial charge < -0.3 is 19.7 Å². The Kier molecular flexibility index (Phi) is 5.06. The summed E-state index contributed by atoms with van der Waals surface area (Å²) in [5, 5.41) is 23.0. The summed E-state index contributed by atoms with van der Waals surface area (Å²) in [7, 11) is 0. The van der Waals surface area contributed by atoms with E-state index in [0.29, 0.717) is 34.4 Å². The van der Waals surface area contributed by atoms with E-state index in [1.807, 2.05) is 4.57 Å². The molecule has 0 radical (unpaired) electrons. The number of nitrogens with one attached hydrogen (secondary N) is 1. The molecule has 4 aromatic rings. The number of nitriles is 1. The predicted octanol–water partition coefficient (Wildman–Crippen LogP) is 4.52. The molecule has 40 heavy (non-hydrogen) atoms. The van der Waals surface area contributed by atoms with Crippen molar-refractivity contribution in [3.8, 4) is 22.9 Å². The maximum absolute atomic E-state index is 15.3. The number of aromatic nitrogens is 4. The molecule has 2 aromatic carbocycles. The number of alkyl halides is 2. The molecular formula is C28H21F3N6O3. The number of hydrogen-bond acceptors (Lipinski definition) is 7. The third-order valence-electron chi connectivity index (χ3n) is 8.07. The zero-order valence-electron chi connectivity index (χ0n) is 21.0. The van der Waals surface area contributed by atoms with Crippen LogP contribution in [0.25, 0.3) is 22.2 Å². The van der Waals surface area contributed by atoms with E-state index < -0.39 is 41.4 Å². The molecule has 2 N–H and O–H groups in total. The van der Waals surface area contributed by atoms with Crippen molar-refractivity contribution in [3.63, 3.8) is 0 Å². The number of fused-ring (bicyclic) bond motifs is 9. The number of amides is 1. The Balaban J connectivity index is 1.32. The van der Waals surface area contributed by atoms with Gasteiger partial charge in [-0.05, 0) is 31.5 Å². The first kappa shape index (κ1) is 24.5. The number of carbonyl (C=O) groups excluding carboxylic acids is 1. The molecular weight excluding hydrogens is 525 g/mol. The van der Waals surface area contributed by atoms with Crippen LogP contribution >= 0.6 is 0 Å². The van der Waals surface area contributed by atoms with Gasteiger partial charge in [0.05, 0.1) is 34.6 Å². The Labute approximate surface area is 225 Å². The fourth-order valence-electron chi connectivity index (χ4n) is 6.44. The molecule has 2 bridgehead atoms. The van der Waals surface area contributed by atoms with E-state index in [2.05, 4.69) is 26.3 Å². The summed E-state index contributed by atoms with van der Waals surface area (Å²) in [5.41, 5.74) is 0.00811. The number of ether oxygens (including phenoxy) is 1. The van der Waals surface area contributed by atoms with E-state index in [9.17, 15) is 23.9 Å². The lowest BCUT2D eigenvalue weighted by atomic mass is 9.60. The molecule has 12 heteroatoms. The molecule has 0 saturated heterocycles. The van der Waals surface area contributed by atoms with Gasteiger partial charge in [0.2, 0.25) is 0 Å². The Morgan fingerprint density at radius 2 is 1.98 bits per heavy atom. The molecule has 1 saturated carbocycles. The van der Waals surface area contributed by atoms with E-state index in [4.69, 9.17) is 4.74 Å². The average molecular weight is 547 g/mol. The Morgan fingerprint density at radius 3 is 2.67 bits per heavy atom. The third-order valence-corrected chi connectivity index (χ3v) is 8.07. The van der Waals surface area contributed by atoms with E-state index in [1.54, 1.807) is 19.1 Å². The van der Waals surface area contributed by atoms with E-state index in [1.165, 1.54) is 30.6 Å². The van der Waals surface area contributed by atoms with E-state index in [-0.39, 0.29) is 35.5 Å². The van der Waals surface area contributed by atoms with Gasteiger partial charge in [0.15, 0.2) is 5.82 Å². The first-order valence-corrected chi connectivity index (χ1v) is 12.7. The second kappa shape index (κ2) is 8.25. The topological polar surface area (TPSA) is 126 Å². The van der Waals surface area contributed by atoms with Gasteiger partial charge >= 0.3 is 6.61 Å². The number of rotatable bonds is 4. The molecule has 4 heterocycles. The molecule has 202 valence electrons. The number of carbonyl (C=O) groups is 1. The van der Waals surface area contributed by atoms with Crippen LogP contribution in [0.1, 0.15) is 65.8 Å². The van der Waals surface area contributed by atoms with Crippen LogP contribution in [0.5, 0.6) is 5.75 Å². The summed E-state index contributed by atoms with van der Waals surface area (Å²) in [6.45, 7) is -1.32. The normalized spacial score (nSPS) is 26.5. The zero-order valence-corrected chi connectivity index (χ0v) is 21.0. The molecule has 7 rings (SSSR count). The lowest BCUT2D eigenvalue weighted by Gasteiger charge is -2.46. The first-order chi connectivity index (χ1) is 19.1. The summed E-state index contributed by atoms with van der Waals surface area (Å²) in [4.78, 5) is 26.1. The number of halogens is 3. The molecule has 1 fully saturated rings. The van der Waals surface area contributed by atoms with Crippen LogP contribution in [-0.2, 0) is 5.60 Å². The van der Waals surface area contributed by atoms with Gasteiger partial charge in [0, 0.05) is 53.6 Å². The molecule has 0 spiro atoms. The largest absolute Gasteiger partial charge is 0.434 e. The van der Waals surface area contributed by atoms with Crippen LogP contribution < -0.4 is 10.1 Å². The lowest BCUT2D eigenvalue weighted by Crippen LogP contribution is -2.48. The fourth-order valence-corrected chi connectivity index (χ4v) is 6.44. The lowest BCUT2D eigenvalue weighted by molar-refractivity contribution is -0.109. The highest BCUT2D eigenvalue weighted by Gasteiger charge is 2.54. The molecule has 2 aliphatic heterocycles. The summed E-state index contributed by atoms with van der Waals surface area (Å²) in [5.74, 6) is -0.445. The summed E-state index contributed by atoms with van der Waals surface area (Å²) >= 11 is 0. The van der Waals surface area contributed by atoms with Crippen molar-refractivity contribution in [2.75, 3.05) is 0 Å². The van der Waals surface area contributed by atoms with Crippen molar-refractivity contribution in [2.45, 2.75) is 50.5 Å². The van der Waals surface area contributed by atoms with E-state index >= 15 is 4.39 Å². The second-order valence-electron chi connectivity index (χ2n) is 10.9. The number of nitrogens with zero attached hydrogens (tertiary/aromatic N) is 5. The number of benzene rings is 2. The van der Waals surface area contributed by atoms with Crippen molar-refractivity contribution in [2.24, 2.45) is 5.41 Å². The molecule has 2 aromatic heterocycles. The van der Waals surface area contributed by atoms with Crippen molar-refractivity contribution in [3.05, 3.63) is 71.3 Å². The van der Waals surface area contributed by atoms with Crippen LogP contribution in [0.4, 0.5) is 13.2 Å². The van der Waals surface area contributed by atoms with Gasteiger partial charge in [-0.15, -0.1) is 0 Å². The van der Waals surface area contributed by atoms with Gasteiger partial charge in [0.25, 0.3) is 5.91 Å². The van der Waals surface area contributed by atoms with Crippen LogP contribution in [0.15, 0.2) is 42.7 Å². The van der Waals surface area contributed by atoms with E-state index in [0.717, 1.165) is 0 Å². The Morgan fingerprint density at radius 1 is 1.23 bits per heavy atom. The van der Waals surface area contributed by atoms with Gasteiger partial charge in [0.1, 0.15) is 23.0 Å². The van der Waals surface area contributed by atoms with Gasteiger partial charge in [-0.3, -0.25) is 4.79 Å². The number of hydrogen-bond donors (Lipinski definition) is 2. The van der Waals surface area contributed by atoms with Crippen LogP contribution in [0.2, 0.25) is 0 Å². The first-order valence-electron chi connectivity index (χ1n) is 12.7. The molecule has 3 aliphatic rings. The Bertz CT molecular complexity index is 1760. The second-order valence-corrected chi connectivity index (χ2v) is 10.9.